The lowest BCUT2D eigenvalue weighted by atomic mass is 10.1. The molecule has 0 aliphatic heterocycles. The number of ether oxygens (including phenoxy) is 1. The van der Waals surface area contributed by atoms with E-state index >= 15 is 0 Å². The first-order valence-corrected chi connectivity index (χ1v) is 9.48. The number of hydrogen-bond acceptors (Lipinski definition) is 3. The van der Waals surface area contributed by atoms with Crippen LogP contribution in [0.25, 0.3) is 0 Å². The average Bonchev–Trinajstić information content (AvgIpc) is 3.21. The van der Waals surface area contributed by atoms with Crippen molar-refractivity contribution in [3.63, 3.8) is 0 Å². The van der Waals surface area contributed by atoms with E-state index in [0.29, 0.717) is 28.9 Å². The quantitative estimate of drug-likeness (QED) is 0.593. The van der Waals surface area contributed by atoms with Crippen LogP contribution in [0, 0.1) is 5.82 Å². The number of methoxy groups -OCH3 is 1. The Morgan fingerprint density at radius 3 is 2.52 bits per heavy atom. The fraction of sp³-hybridized carbons (Fsp3) is 0.333. The Kier molecular flexibility index (Phi) is 6.40. The number of thiocarbonyl (C=S) groups is 1. The minimum atomic E-state index is -0.410. The summed E-state index contributed by atoms with van der Waals surface area (Å²) in [6.45, 7) is 0.594. The molecular formula is C21H23FN2O2S. The number of carbonyl (C=O) groups is 1. The second kappa shape index (κ2) is 8.95. The molecule has 0 atom stereocenters. The van der Waals surface area contributed by atoms with Crippen LogP contribution < -0.4 is 5.32 Å². The van der Waals surface area contributed by atoms with Crippen LogP contribution in [-0.4, -0.2) is 29.1 Å². The van der Waals surface area contributed by atoms with E-state index in [1.807, 2.05) is 12.1 Å². The van der Waals surface area contributed by atoms with Gasteiger partial charge < -0.3 is 15.0 Å². The molecule has 0 radical (unpaired) electrons. The highest BCUT2D eigenvalue weighted by Crippen LogP contribution is 2.26. The third kappa shape index (κ3) is 4.83. The smallest absolute Gasteiger partial charge is 0.339 e. The maximum atomic E-state index is 13.2. The van der Waals surface area contributed by atoms with Crippen LogP contribution in [-0.2, 0) is 11.3 Å². The Balaban J connectivity index is 1.81. The predicted octanol–water partition coefficient (Wildman–Crippen LogP) is 4.75. The fourth-order valence-corrected chi connectivity index (χ4v) is 3.76. The van der Waals surface area contributed by atoms with Crippen LogP contribution in [0.3, 0.4) is 0 Å². The Hall–Kier alpha value is -2.47. The molecule has 0 aromatic heterocycles. The van der Waals surface area contributed by atoms with E-state index in [0.717, 1.165) is 18.4 Å². The summed E-state index contributed by atoms with van der Waals surface area (Å²) in [6.07, 6.45) is 4.49. The van der Waals surface area contributed by atoms with Crippen LogP contribution in [0.2, 0.25) is 0 Å². The van der Waals surface area contributed by atoms with Crippen molar-refractivity contribution in [2.45, 2.75) is 38.3 Å². The minimum Gasteiger partial charge on any atom is -0.465 e. The number of carbonyl (C=O) groups excluding carboxylic acids is 1. The minimum absolute atomic E-state index is 0.251. The average molecular weight is 386 g/mol. The standard InChI is InChI=1S/C21H23FN2O2S/c1-26-20(25)18-8-4-5-9-19(18)23-21(27)24(17-6-2-3-7-17)14-15-10-12-16(22)13-11-15/h4-5,8-13,17H,2-3,6-7,14H2,1H3,(H,23,27). The molecule has 0 amide bonds. The summed E-state index contributed by atoms with van der Waals surface area (Å²) in [6, 6.07) is 14.0. The van der Waals surface area contributed by atoms with Crippen LogP contribution >= 0.6 is 12.2 Å². The Morgan fingerprint density at radius 1 is 1.19 bits per heavy atom. The van der Waals surface area contributed by atoms with Gasteiger partial charge in [0.1, 0.15) is 5.82 Å². The lowest BCUT2D eigenvalue weighted by Crippen LogP contribution is -2.41. The van der Waals surface area contributed by atoms with Crippen molar-refractivity contribution in [2.24, 2.45) is 0 Å². The van der Waals surface area contributed by atoms with Gasteiger partial charge in [-0.05, 0) is 54.9 Å². The fourth-order valence-electron chi connectivity index (χ4n) is 3.44. The van der Waals surface area contributed by atoms with Crippen LogP contribution in [0.5, 0.6) is 0 Å². The lowest BCUT2D eigenvalue weighted by Gasteiger charge is -2.32. The highest BCUT2D eigenvalue weighted by atomic mass is 32.1. The molecule has 1 N–H and O–H groups in total. The first-order chi connectivity index (χ1) is 13.1. The van der Waals surface area contributed by atoms with E-state index in [1.165, 1.54) is 32.1 Å². The predicted molar refractivity (Wildman–Crippen MR) is 108 cm³/mol. The van der Waals surface area contributed by atoms with Gasteiger partial charge in [-0.2, -0.15) is 0 Å². The molecule has 0 unspecified atom stereocenters. The molecular weight excluding hydrogens is 363 g/mol. The van der Waals surface area contributed by atoms with Crippen LogP contribution in [0.1, 0.15) is 41.6 Å². The maximum absolute atomic E-state index is 13.2. The lowest BCUT2D eigenvalue weighted by molar-refractivity contribution is 0.0602. The number of para-hydroxylation sites is 1. The van der Waals surface area contributed by atoms with E-state index in [-0.39, 0.29) is 5.82 Å². The molecule has 27 heavy (non-hydrogen) atoms. The molecule has 1 saturated carbocycles. The van der Waals surface area contributed by atoms with E-state index < -0.39 is 5.97 Å². The third-order valence-corrected chi connectivity index (χ3v) is 5.20. The van der Waals surface area contributed by atoms with Crippen molar-refractivity contribution in [1.29, 1.82) is 0 Å². The van der Waals surface area contributed by atoms with Gasteiger partial charge in [-0.3, -0.25) is 0 Å². The first kappa shape index (κ1) is 19.3. The van der Waals surface area contributed by atoms with Crippen molar-refractivity contribution in [1.82, 2.24) is 4.90 Å². The summed E-state index contributed by atoms with van der Waals surface area (Å²) in [5.74, 6) is -0.661. The van der Waals surface area contributed by atoms with E-state index in [2.05, 4.69) is 10.2 Å². The molecule has 6 heteroatoms. The van der Waals surface area contributed by atoms with Gasteiger partial charge in [-0.1, -0.05) is 37.1 Å². The Morgan fingerprint density at radius 2 is 1.85 bits per heavy atom. The number of anilines is 1. The van der Waals surface area contributed by atoms with Gasteiger partial charge in [-0.25, -0.2) is 9.18 Å². The van der Waals surface area contributed by atoms with Gasteiger partial charge in [0.25, 0.3) is 0 Å². The monoisotopic (exact) mass is 386 g/mol. The largest absolute Gasteiger partial charge is 0.465 e. The third-order valence-electron chi connectivity index (χ3n) is 4.87. The zero-order valence-electron chi connectivity index (χ0n) is 15.3. The van der Waals surface area contributed by atoms with Crippen molar-refractivity contribution >= 4 is 29.0 Å². The number of nitrogens with zero attached hydrogens (tertiary/aromatic N) is 1. The summed E-state index contributed by atoms with van der Waals surface area (Å²) in [5.41, 5.74) is 2.06. The number of hydrogen-bond donors (Lipinski definition) is 1. The summed E-state index contributed by atoms with van der Waals surface area (Å²) in [4.78, 5) is 14.2. The van der Waals surface area contributed by atoms with E-state index in [9.17, 15) is 9.18 Å². The highest BCUT2D eigenvalue weighted by molar-refractivity contribution is 7.80. The van der Waals surface area contributed by atoms with Gasteiger partial charge >= 0.3 is 5.97 Å². The first-order valence-electron chi connectivity index (χ1n) is 9.08. The van der Waals surface area contributed by atoms with Crippen molar-refractivity contribution in [3.8, 4) is 0 Å². The van der Waals surface area contributed by atoms with Crippen LogP contribution in [0.15, 0.2) is 48.5 Å². The summed E-state index contributed by atoms with van der Waals surface area (Å²) in [5, 5.41) is 3.77. The molecule has 0 bridgehead atoms. The van der Waals surface area contributed by atoms with Gasteiger partial charge in [0.05, 0.1) is 18.4 Å². The molecule has 1 fully saturated rings. The molecule has 0 spiro atoms. The summed E-state index contributed by atoms with van der Waals surface area (Å²) >= 11 is 5.69. The van der Waals surface area contributed by atoms with E-state index in [1.54, 1.807) is 24.3 Å². The zero-order chi connectivity index (χ0) is 19.2. The second-order valence-corrected chi connectivity index (χ2v) is 7.05. The number of esters is 1. The molecule has 142 valence electrons. The molecule has 0 saturated heterocycles. The van der Waals surface area contributed by atoms with E-state index in [4.69, 9.17) is 17.0 Å². The van der Waals surface area contributed by atoms with Gasteiger partial charge in [0, 0.05) is 12.6 Å². The Labute approximate surface area is 164 Å². The second-order valence-electron chi connectivity index (χ2n) is 6.66. The van der Waals surface area contributed by atoms with Crippen molar-refractivity contribution in [3.05, 3.63) is 65.5 Å². The number of nitrogens with one attached hydrogen (secondary N) is 1. The molecule has 4 nitrogen and oxygen atoms in total. The zero-order valence-corrected chi connectivity index (χ0v) is 16.1. The molecule has 3 rings (SSSR count). The maximum Gasteiger partial charge on any atom is 0.339 e. The summed E-state index contributed by atoms with van der Waals surface area (Å²) in [7, 11) is 1.36. The SMILES string of the molecule is COC(=O)c1ccccc1NC(=S)N(Cc1ccc(F)cc1)C1CCCC1. The Bertz CT molecular complexity index is 804. The topological polar surface area (TPSA) is 41.6 Å². The van der Waals surface area contributed by atoms with Crippen molar-refractivity contribution < 1.29 is 13.9 Å². The number of rotatable bonds is 5. The molecule has 2 aromatic rings. The van der Waals surface area contributed by atoms with Crippen molar-refractivity contribution in [2.75, 3.05) is 12.4 Å². The number of halogens is 1. The highest BCUT2D eigenvalue weighted by Gasteiger charge is 2.25. The number of benzene rings is 2. The molecule has 1 aliphatic rings. The summed E-state index contributed by atoms with van der Waals surface area (Å²) < 4.78 is 18.1. The van der Waals surface area contributed by atoms with Gasteiger partial charge in [0.2, 0.25) is 0 Å². The van der Waals surface area contributed by atoms with Crippen LogP contribution in [0.4, 0.5) is 10.1 Å². The van der Waals surface area contributed by atoms with Gasteiger partial charge in [-0.15, -0.1) is 0 Å². The molecule has 0 heterocycles. The normalized spacial score (nSPS) is 14.0. The van der Waals surface area contributed by atoms with Gasteiger partial charge in [0.15, 0.2) is 5.11 Å². The molecule has 1 aliphatic carbocycles. The molecule has 2 aromatic carbocycles.